The first-order valence-electron chi connectivity index (χ1n) is 7.86. The van der Waals surface area contributed by atoms with Gasteiger partial charge in [0.1, 0.15) is 6.54 Å². The van der Waals surface area contributed by atoms with E-state index < -0.39 is 0 Å². The Hall–Kier alpha value is -2.25. The van der Waals surface area contributed by atoms with Crippen LogP contribution < -0.4 is 10.9 Å². The van der Waals surface area contributed by atoms with Crippen molar-refractivity contribution in [1.82, 2.24) is 20.1 Å². The third kappa shape index (κ3) is 3.88. The van der Waals surface area contributed by atoms with Crippen LogP contribution in [0.4, 0.5) is 0 Å². The van der Waals surface area contributed by atoms with Crippen LogP contribution in [0.2, 0.25) is 5.02 Å². The van der Waals surface area contributed by atoms with Crippen molar-refractivity contribution in [2.45, 2.75) is 33.4 Å². The summed E-state index contributed by atoms with van der Waals surface area (Å²) < 4.78 is 1.97. The first-order chi connectivity index (χ1) is 12.0. The molecule has 1 amide bonds. The molecule has 0 aliphatic rings. The fraction of sp³-hybridized carbons (Fsp3) is 0.294. The van der Waals surface area contributed by atoms with Crippen LogP contribution in [0.1, 0.15) is 23.2 Å². The zero-order chi connectivity index (χ0) is 18.0. The Morgan fingerprint density at radius 3 is 2.72 bits per heavy atom. The molecule has 0 aliphatic heterocycles. The highest BCUT2D eigenvalue weighted by atomic mass is 35.5. The average Bonchev–Trinajstić information content (AvgIpc) is 3.04. The van der Waals surface area contributed by atoms with Gasteiger partial charge in [0.15, 0.2) is 5.52 Å². The third-order valence-electron chi connectivity index (χ3n) is 3.71. The van der Waals surface area contributed by atoms with Gasteiger partial charge in [-0.3, -0.25) is 9.59 Å². The van der Waals surface area contributed by atoms with Crippen molar-refractivity contribution < 1.29 is 4.79 Å². The lowest BCUT2D eigenvalue weighted by Gasteiger charge is -2.08. The highest BCUT2D eigenvalue weighted by Crippen LogP contribution is 2.21. The Labute approximate surface area is 153 Å². The van der Waals surface area contributed by atoms with Gasteiger partial charge in [0.05, 0.1) is 15.4 Å². The minimum atomic E-state index is -0.335. The van der Waals surface area contributed by atoms with Crippen LogP contribution in [-0.2, 0) is 24.3 Å². The molecule has 0 saturated carbocycles. The molecule has 25 heavy (non-hydrogen) atoms. The maximum Gasteiger partial charge on any atom is 0.294 e. The molecule has 2 heterocycles. The van der Waals surface area contributed by atoms with Gasteiger partial charge in [-0.1, -0.05) is 30.7 Å². The zero-order valence-corrected chi connectivity index (χ0v) is 15.4. The number of hydrogen-bond donors (Lipinski definition) is 1. The van der Waals surface area contributed by atoms with Gasteiger partial charge in [0.25, 0.3) is 5.56 Å². The van der Waals surface area contributed by atoms with Crippen LogP contribution in [-0.4, -0.2) is 20.7 Å². The summed E-state index contributed by atoms with van der Waals surface area (Å²) in [6, 6.07) is 7.20. The van der Waals surface area contributed by atoms with Crippen LogP contribution in [0.25, 0.3) is 10.2 Å². The highest BCUT2D eigenvalue weighted by molar-refractivity contribution is 7.18. The first kappa shape index (κ1) is 17.6. The number of carbonyl (C=O) groups is 1. The van der Waals surface area contributed by atoms with Gasteiger partial charge >= 0.3 is 0 Å². The predicted molar refractivity (Wildman–Crippen MR) is 99.1 cm³/mol. The molecule has 0 atom stereocenters. The highest BCUT2D eigenvalue weighted by Gasteiger charge is 2.15. The molecule has 8 heteroatoms. The van der Waals surface area contributed by atoms with E-state index in [1.54, 1.807) is 12.1 Å². The molecule has 0 aliphatic carbocycles. The quantitative estimate of drug-likeness (QED) is 0.742. The molecule has 0 spiro atoms. The molecule has 3 aromatic rings. The van der Waals surface area contributed by atoms with E-state index in [2.05, 4.69) is 15.4 Å². The van der Waals surface area contributed by atoms with Gasteiger partial charge in [-0.25, -0.2) is 9.67 Å². The minimum absolute atomic E-state index is 0.137. The molecular weight excluding hydrogens is 360 g/mol. The molecule has 0 fully saturated rings. The number of fused-ring (bicyclic) bond motifs is 1. The number of aromatic nitrogens is 3. The van der Waals surface area contributed by atoms with Crippen molar-refractivity contribution in [2.75, 3.05) is 0 Å². The van der Waals surface area contributed by atoms with Crippen LogP contribution in [0.3, 0.4) is 0 Å². The molecular formula is C17H17ClN4O2S. The normalized spacial score (nSPS) is 11.0. The standard InChI is InChI=1S/C17H17ClN4O2S/c1-3-14-20-15-16(25-14)10(2)21-22(17(15)24)9-13(23)19-8-11-4-6-12(18)7-5-11/h4-7H,3,8-9H2,1-2H3,(H,19,23). The summed E-state index contributed by atoms with van der Waals surface area (Å²) in [6.45, 7) is 4.04. The molecule has 0 unspecified atom stereocenters. The number of benzene rings is 1. The zero-order valence-electron chi connectivity index (χ0n) is 13.9. The van der Waals surface area contributed by atoms with E-state index in [9.17, 15) is 9.59 Å². The van der Waals surface area contributed by atoms with Gasteiger partial charge in [-0.2, -0.15) is 5.10 Å². The molecule has 130 valence electrons. The van der Waals surface area contributed by atoms with Crippen molar-refractivity contribution in [2.24, 2.45) is 0 Å². The number of thiazole rings is 1. The topological polar surface area (TPSA) is 76.9 Å². The van der Waals surface area contributed by atoms with Gasteiger partial charge in [-0.05, 0) is 31.0 Å². The molecule has 1 aromatic carbocycles. The average molecular weight is 377 g/mol. The van der Waals surface area contributed by atoms with E-state index in [1.807, 2.05) is 26.0 Å². The summed E-state index contributed by atoms with van der Waals surface area (Å²) in [5.41, 5.74) is 1.69. The fourth-order valence-electron chi connectivity index (χ4n) is 2.40. The minimum Gasteiger partial charge on any atom is -0.350 e. The predicted octanol–water partition coefficient (Wildman–Crippen LogP) is 2.69. The van der Waals surface area contributed by atoms with Crippen molar-refractivity contribution in [3.8, 4) is 0 Å². The number of halogens is 1. The Morgan fingerprint density at radius 2 is 2.04 bits per heavy atom. The first-order valence-corrected chi connectivity index (χ1v) is 9.05. The van der Waals surface area contributed by atoms with E-state index in [0.29, 0.717) is 22.8 Å². The van der Waals surface area contributed by atoms with Crippen LogP contribution in [0, 0.1) is 6.92 Å². The van der Waals surface area contributed by atoms with Gasteiger partial charge in [-0.15, -0.1) is 11.3 Å². The SMILES string of the molecule is CCc1nc2c(=O)n(CC(=O)NCc3ccc(Cl)cc3)nc(C)c2s1. The lowest BCUT2D eigenvalue weighted by atomic mass is 10.2. The fourth-order valence-corrected chi connectivity index (χ4v) is 3.46. The van der Waals surface area contributed by atoms with Gasteiger partial charge in [0.2, 0.25) is 5.91 Å². The van der Waals surface area contributed by atoms with E-state index >= 15 is 0 Å². The summed E-state index contributed by atoms with van der Waals surface area (Å²) >= 11 is 7.31. The molecule has 6 nitrogen and oxygen atoms in total. The Balaban J connectivity index is 1.75. The largest absolute Gasteiger partial charge is 0.350 e. The summed E-state index contributed by atoms with van der Waals surface area (Å²) in [7, 11) is 0. The second-order valence-corrected chi connectivity index (χ2v) is 7.11. The van der Waals surface area contributed by atoms with Crippen LogP contribution in [0.15, 0.2) is 29.1 Å². The van der Waals surface area contributed by atoms with Crippen molar-refractivity contribution in [1.29, 1.82) is 0 Å². The molecule has 2 aromatic heterocycles. The van der Waals surface area contributed by atoms with Crippen molar-refractivity contribution >= 4 is 39.1 Å². The molecule has 1 N–H and O–H groups in total. The maximum atomic E-state index is 12.5. The molecule has 0 radical (unpaired) electrons. The van der Waals surface area contributed by atoms with E-state index in [1.165, 1.54) is 16.0 Å². The van der Waals surface area contributed by atoms with E-state index in [0.717, 1.165) is 21.7 Å². The van der Waals surface area contributed by atoms with Crippen LogP contribution >= 0.6 is 22.9 Å². The van der Waals surface area contributed by atoms with Crippen molar-refractivity contribution in [3.63, 3.8) is 0 Å². The lowest BCUT2D eigenvalue weighted by molar-refractivity contribution is -0.122. The Bertz CT molecular complexity index is 979. The Kier molecular flexibility index (Phi) is 5.15. The third-order valence-corrected chi connectivity index (χ3v) is 5.27. The number of hydrogen-bond acceptors (Lipinski definition) is 5. The van der Waals surface area contributed by atoms with Gasteiger partial charge < -0.3 is 5.32 Å². The molecule has 0 saturated heterocycles. The number of amides is 1. The summed E-state index contributed by atoms with van der Waals surface area (Å²) in [5, 5.41) is 8.56. The second kappa shape index (κ2) is 7.33. The van der Waals surface area contributed by atoms with Crippen LogP contribution in [0.5, 0.6) is 0 Å². The monoisotopic (exact) mass is 376 g/mol. The smallest absolute Gasteiger partial charge is 0.294 e. The van der Waals surface area contributed by atoms with Gasteiger partial charge in [0, 0.05) is 11.6 Å². The van der Waals surface area contributed by atoms with Crippen molar-refractivity contribution in [3.05, 3.63) is 55.9 Å². The Morgan fingerprint density at radius 1 is 1.32 bits per heavy atom. The summed E-state index contributed by atoms with van der Waals surface area (Å²) in [5.74, 6) is -0.283. The summed E-state index contributed by atoms with van der Waals surface area (Å²) in [6.07, 6.45) is 0.764. The number of rotatable bonds is 5. The molecule has 0 bridgehead atoms. The lowest BCUT2D eigenvalue weighted by Crippen LogP contribution is -2.33. The number of nitrogens with zero attached hydrogens (tertiary/aromatic N) is 3. The number of aryl methyl sites for hydroxylation is 2. The summed E-state index contributed by atoms with van der Waals surface area (Å²) in [4.78, 5) is 29.0. The van der Waals surface area contributed by atoms with E-state index in [-0.39, 0.29) is 18.0 Å². The number of carbonyl (C=O) groups excluding carboxylic acids is 1. The molecule has 3 rings (SSSR count). The second-order valence-electron chi connectivity index (χ2n) is 5.59. The van der Waals surface area contributed by atoms with E-state index in [4.69, 9.17) is 11.6 Å². The maximum absolute atomic E-state index is 12.5. The number of nitrogens with one attached hydrogen (secondary N) is 1.